The van der Waals surface area contributed by atoms with Gasteiger partial charge in [0.1, 0.15) is 0 Å². The highest BCUT2D eigenvalue weighted by atomic mass is 16.6. The maximum Gasteiger partial charge on any atom is 0.407 e. The fourth-order valence-corrected chi connectivity index (χ4v) is 3.36. The molecule has 2 atom stereocenters. The summed E-state index contributed by atoms with van der Waals surface area (Å²) in [6, 6.07) is 0. The predicted octanol–water partition coefficient (Wildman–Crippen LogP) is 1.16. The van der Waals surface area contributed by atoms with E-state index in [9.17, 15) is 4.79 Å². The van der Waals surface area contributed by atoms with Gasteiger partial charge in [0.05, 0.1) is 46.2 Å². The summed E-state index contributed by atoms with van der Waals surface area (Å²) in [4.78, 5) is 11.7. The SMILES string of the molecule is NCCOCCOCCOCCNC(=O)OCC1C2CCC#CCCC21. The standard InChI is InChI=1S/C19H32N2O5/c20-7-9-23-11-13-25-14-12-24-10-8-21-19(22)26-15-18-16-5-3-1-2-4-6-17(16)18/h16-18H,3-15,20H2,(H,21,22). The average molecular weight is 368 g/mol. The van der Waals surface area contributed by atoms with E-state index >= 15 is 0 Å². The number of amides is 1. The maximum absolute atomic E-state index is 11.7. The second-order valence-corrected chi connectivity index (χ2v) is 6.57. The molecule has 0 aromatic rings. The Morgan fingerprint density at radius 3 is 2.12 bits per heavy atom. The molecule has 0 spiro atoms. The molecule has 0 aromatic heterocycles. The summed E-state index contributed by atoms with van der Waals surface area (Å²) in [7, 11) is 0. The summed E-state index contributed by atoms with van der Waals surface area (Å²) in [5.74, 6) is 8.29. The van der Waals surface area contributed by atoms with E-state index in [4.69, 9.17) is 24.7 Å². The molecule has 7 nitrogen and oxygen atoms in total. The van der Waals surface area contributed by atoms with Gasteiger partial charge in [0.25, 0.3) is 0 Å². The molecule has 0 bridgehead atoms. The first-order chi connectivity index (χ1) is 12.8. The highest BCUT2D eigenvalue weighted by Gasteiger charge is 2.49. The molecule has 2 aliphatic rings. The lowest BCUT2D eigenvalue weighted by Gasteiger charge is -2.08. The van der Waals surface area contributed by atoms with Gasteiger partial charge >= 0.3 is 6.09 Å². The summed E-state index contributed by atoms with van der Waals surface area (Å²) in [5.41, 5.74) is 5.30. The van der Waals surface area contributed by atoms with Gasteiger partial charge in [0, 0.05) is 25.9 Å². The van der Waals surface area contributed by atoms with E-state index in [-0.39, 0.29) is 6.09 Å². The topological polar surface area (TPSA) is 92.0 Å². The predicted molar refractivity (Wildman–Crippen MR) is 97.6 cm³/mol. The average Bonchev–Trinajstić information content (AvgIpc) is 3.27. The van der Waals surface area contributed by atoms with Gasteiger partial charge < -0.3 is 30.0 Å². The van der Waals surface area contributed by atoms with Crippen molar-refractivity contribution in [3.05, 3.63) is 0 Å². The molecule has 0 heterocycles. The van der Waals surface area contributed by atoms with E-state index in [1.54, 1.807) is 0 Å². The van der Waals surface area contributed by atoms with Crippen LogP contribution in [0.4, 0.5) is 4.79 Å². The molecule has 1 amide bonds. The van der Waals surface area contributed by atoms with Gasteiger partial charge in [-0.15, -0.1) is 11.8 Å². The summed E-state index contributed by atoms with van der Waals surface area (Å²) >= 11 is 0. The number of rotatable bonds is 13. The van der Waals surface area contributed by atoms with Crippen molar-refractivity contribution in [1.82, 2.24) is 5.32 Å². The van der Waals surface area contributed by atoms with Crippen LogP contribution in [0.5, 0.6) is 0 Å². The summed E-state index contributed by atoms with van der Waals surface area (Å²) in [6.07, 6.45) is 3.87. The molecule has 0 radical (unpaired) electrons. The number of carbonyl (C=O) groups is 1. The third kappa shape index (κ3) is 8.37. The number of carbonyl (C=O) groups excluding carboxylic acids is 1. The van der Waals surface area contributed by atoms with Gasteiger partial charge in [-0.3, -0.25) is 0 Å². The van der Waals surface area contributed by atoms with Crippen molar-refractivity contribution < 1.29 is 23.7 Å². The van der Waals surface area contributed by atoms with Crippen LogP contribution < -0.4 is 11.1 Å². The largest absolute Gasteiger partial charge is 0.449 e. The Morgan fingerprint density at radius 1 is 0.923 bits per heavy atom. The number of ether oxygens (including phenoxy) is 4. The smallest absolute Gasteiger partial charge is 0.407 e. The Kier molecular flexibility index (Phi) is 10.4. The quantitative estimate of drug-likeness (QED) is 0.374. The Balaban J connectivity index is 1.36. The van der Waals surface area contributed by atoms with Crippen LogP contribution in [0.15, 0.2) is 0 Å². The maximum atomic E-state index is 11.7. The van der Waals surface area contributed by atoms with E-state index in [0.717, 1.165) is 25.7 Å². The monoisotopic (exact) mass is 368 g/mol. The fraction of sp³-hybridized carbons (Fsp3) is 0.842. The normalized spacial score (nSPS) is 23.8. The van der Waals surface area contributed by atoms with Crippen LogP contribution in [-0.4, -0.2) is 65.4 Å². The molecule has 2 aliphatic carbocycles. The lowest BCUT2D eigenvalue weighted by Crippen LogP contribution is -2.29. The molecule has 1 saturated carbocycles. The highest BCUT2D eigenvalue weighted by molar-refractivity contribution is 5.67. The van der Waals surface area contributed by atoms with Crippen LogP contribution in [-0.2, 0) is 18.9 Å². The van der Waals surface area contributed by atoms with Crippen molar-refractivity contribution >= 4 is 6.09 Å². The first-order valence-corrected chi connectivity index (χ1v) is 9.62. The zero-order valence-electron chi connectivity index (χ0n) is 15.5. The summed E-state index contributed by atoms with van der Waals surface area (Å²) < 4.78 is 21.2. The van der Waals surface area contributed by atoms with Gasteiger partial charge in [-0.1, -0.05) is 0 Å². The lowest BCUT2D eigenvalue weighted by atomic mass is 10.1. The van der Waals surface area contributed by atoms with Gasteiger partial charge in [-0.05, 0) is 30.6 Å². The third-order valence-electron chi connectivity index (χ3n) is 4.77. The van der Waals surface area contributed by atoms with Crippen LogP contribution in [0.25, 0.3) is 0 Å². The van der Waals surface area contributed by atoms with Crippen molar-refractivity contribution in [1.29, 1.82) is 0 Å². The van der Waals surface area contributed by atoms with Gasteiger partial charge in [-0.25, -0.2) is 4.79 Å². The molecule has 148 valence electrons. The molecule has 0 saturated heterocycles. The molecule has 7 heteroatoms. The van der Waals surface area contributed by atoms with E-state index in [0.29, 0.717) is 77.1 Å². The minimum absolute atomic E-state index is 0.363. The molecule has 2 rings (SSSR count). The first-order valence-electron chi connectivity index (χ1n) is 9.62. The molecule has 2 unspecified atom stereocenters. The Hall–Kier alpha value is -1.33. The highest BCUT2D eigenvalue weighted by Crippen LogP contribution is 2.52. The van der Waals surface area contributed by atoms with E-state index in [2.05, 4.69) is 17.2 Å². The number of nitrogens with one attached hydrogen (secondary N) is 1. The number of alkyl carbamates (subject to hydrolysis) is 1. The lowest BCUT2D eigenvalue weighted by molar-refractivity contribution is 0.0165. The second-order valence-electron chi connectivity index (χ2n) is 6.57. The molecular formula is C19H32N2O5. The molecule has 26 heavy (non-hydrogen) atoms. The van der Waals surface area contributed by atoms with Crippen molar-refractivity contribution in [3.63, 3.8) is 0 Å². The van der Waals surface area contributed by atoms with Crippen molar-refractivity contribution in [2.24, 2.45) is 23.5 Å². The van der Waals surface area contributed by atoms with E-state index in [1.807, 2.05) is 0 Å². The van der Waals surface area contributed by atoms with Crippen LogP contribution in [0.2, 0.25) is 0 Å². The van der Waals surface area contributed by atoms with Gasteiger partial charge in [0.15, 0.2) is 0 Å². The van der Waals surface area contributed by atoms with Crippen molar-refractivity contribution in [2.75, 3.05) is 59.3 Å². The van der Waals surface area contributed by atoms with Crippen LogP contribution in [0.1, 0.15) is 25.7 Å². The molecule has 1 fully saturated rings. The van der Waals surface area contributed by atoms with E-state index in [1.165, 1.54) is 0 Å². The number of hydrogen-bond acceptors (Lipinski definition) is 6. The zero-order chi connectivity index (χ0) is 18.5. The summed E-state index contributed by atoms with van der Waals surface area (Å²) in [6.45, 7) is 4.53. The minimum atomic E-state index is -0.363. The van der Waals surface area contributed by atoms with Gasteiger partial charge in [0.2, 0.25) is 0 Å². The molecular weight excluding hydrogens is 336 g/mol. The number of nitrogens with two attached hydrogens (primary N) is 1. The van der Waals surface area contributed by atoms with Gasteiger partial charge in [-0.2, -0.15) is 0 Å². The molecule has 3 N–H and O–H groups in total. The molecule has 0 aliphatic heterocycles. The van der Waals surface area contributed by atoms with Crippen LogP contribution in [0, 0.1) is 29.6 Å². The van der Waals surface area contributed by atoms with Crippen molar-refractivity contribution in [3.8, 4) is 11.8 Å². The Labute approximate surface area is 156 Å². The zero-order valence-corrected chi connectivity index (χ0v) is 15.5. The molecule has 0 aromatic carbocycles. The van der Waals surface area contributed by atoms with Crippen molar-refractivity contribution in [2.45, 2.75) is 25.7 Å². The second kappa shape index (κ2) is 12.9. The number of hydrogen-bond donors (Lipinski definition) is 2. The third-order valence-corrected chi connectivity index (χ3v) is 4.77. The number of fused-ring (bicyclic) bond motifs is 1. The van der Waals surface area contributed by atoms with Crippen LogP contribution in [0.3, 0.4) is 0 Å². The minimum Gasteiger partial charge on any atom is -0.449 e. The Bertz CT molecular complexity index is 445. The first kappa shape index (κ1) is 21.0. The summed E-state index contributed by atoms with van der Waals surface area (Å²) in [5, 5.41) is 2.71. The fourth-order valence-electron chi connectivity index (χ4n) is 3.36. The van der Waals surface area contributed by atoms with Crippen LogP contribution >= 0.6 is 0 Å². The van der Waals surface area contributed by atoms with E-state index < -0.39 is 0 Å². The Morgan fingerprint density at radius 2 is 1.50 bits per heavy atom.